The van der Waals surface area contributed by atoms with Gasteiger partial charge in [-0.1, -0.05) is 12.1 Å². The van der Waals surface area contributed by atoms with E-state index in [1.807, 2.05) is 23.7 Å². The lowest BCUT2D eigenvalue weighted by molar-refractivity contribution is 0.0939. The Morgan fingerprint density at radius 3 is 2.83 bits per heavy atom. The summed E-state index contributed by atoms with van der Waals surface area (Å²) in [6.07, 6.45) is 0. The van der Waals surface area contributed by atoms with Crippen LogP contribution in [0.4, 0.5) is 5.82 Å². The summed E-state index contributed by atoms with van der Waals surface area (Å²) in [5.74, 6) is 1.07. The molecule has 0 unspecified atom stereocenters. The summed E-state index contributed by atoms with van der Waals surface area (Å²) < 4.78 is 1.82. The summed E-state index contributed by atoms with van der Waals surface area (Å²) in [4.78, 5) is 23.3. The van der Waals surface area contributed by atoms with Crippen molar-refractivity contribution in [2.75, 3.05) is 24.6 Å². The van der Waals surface area contributed by atoms with Crippen molar-refractivity contribution < 1.29 is 15.0 Å². The summed E-state index contributed by atoms with van der Waals surface area (Å²) in [5.41, 5.74) is 2.63. The quantitative estimate of drug-likeness (QED) is 0.593. The Kier molecular flexibility index (Phi) is 5.13. The molecule has 4 rings (SSSR count). The van der Waals surface area contributed by atoms with Crippen LogP contribution in [0.25, 0.3) is 11.4 Å². The highest BCUT2D eigenvalue weighted by molar-refractivity contribution is 5.92. The number of benzene rings is 1. The van der Waals surface area contributed by atoms with Crippen molar-refractivity contribution in [3.63, 3.8) is 0 Å². The second kappa shape index (κ2) is 7.88. The zero-order valence-electron chi connectivity index (χ0n) is 16.0. The average molecular weight is 394 g/mol. The van der Waals surface area contributed by atoms with Crippen LogP contribution in [0.3, 0.4) is 0 Å². The van der Waals surface area contributed by atoms with Gasteiger partial charge in [0.1, 0.15) is 11.6 Å². The number of aromatic nitrogens is 4. The number of aryl methyl sites for hydroxylation is 1. The van der Waals surface area contributed by atoms with Gasteiger partial charge in [-0.05, 0) is 25.1 Å². The van der Waals surface area contributed by atoms with Crippen LogP contribution in [0.15, 0.2) is 36.4 Å². The fourth-order valence-corrected chi connectivity index (χ4v) is 3.33. The molecule has 1 amide bonds. The van der Waals surface area contributed by atoms with Crippen molar-refractivity contribution in [2.24, 2.45) is 0 Å². The number of phenols is 1. The molecule has 1 aliphatic rings. The van der Waals surface area contributed by atoms with Gasteiger partial charge in [-0.3, -0.25) is 9.48 Å². The number of fused-ring (bicyclic) bond motifs is 1. The molecule has 150 valence electrons. The lowest BCUT2D eigenvalue weighted by atomic mass is 10.2. The number of hydrogen-bond acceptors (Lipinski definition) is 7. The summed E-state index contributed by atoms with van der Waals surface area (Å²) in [5, 5.41) is 26.0. The third kappa shape index (κ3) is 3.90. The molecule has 0 atom stereocenters. The molecule has 0 spiro atoms. The summed E-state index contributed by atoms with van der Waals surface area (Å²) in [7, 11) is 0. The highest BCUT2D eigenvalue weighted by atomic mass is 16.3. The molecule has 0 saturated heterocycles. The molecule has 0 bridgehead atoms. The van der Waals surface area contributed by atoms with Gasteiger partial charge in [0.2, 0.25) is 0 Å². The van der Waals surface area contributed by atoms with Crippen LogP contribution in [-0.2, 0) is 13.1 Å². The van der Waals surface area contributed by atoms with E-state index in [9.17, 15) is 9.90 Å². The van der Waals surface area contributed by atoms with Gasteiger partial charge >= 0.3 is 0 Å². The maximum atomic E-state index is 12.1. The number of rotatable bonds is 5. The molecule has 0 radical (unpaired) electrons. The van der Waals surface area contributed by atoms with Gasteiger partial charge in [-0.25, -0.2) is 9.97 Å². The zero-order chi connectivity index (χ0) is 20.4. The minimum Gasteiger partial charge on any atom is -0.507 e. The second-order valence-electron chi connectivity index (χ2n) is 6.85. The molecular weight excluding hydrogens is 372 g/mol. The predicted octanol–water partition coefficient (Wildman–Crippen LogP) is 1.10. The molecule has 3 N–H and O–H groups in total. The fraction of sp³-hybridized carbons (Fsp3) is 0.300. The number of nitrogens with zero attached hydrogens (tertiary/aromatic N) is 5. The Balaban J connectivity index is 1.59. The minimum atomic E-state index is -0.299. The van der Waals surface area contributed by atoms with Crippen LogP contribution >= 0.6 is 0 Å². The Morgan fingerprint density at radius 1 is 1.21 bits per heavy atom. The van der Waals surface area contributed by atoms with Gasteiger partial charge in [0.05, 0.1) is 31.0 Å². The van der Waals surface area contributed by atoms with E-state index in [0.717, 1.165) is 17.2 Å². The zero-order valence-corrected chi connectivity index (χ0v) is 16.0. The number of aliphatic hydroxyl groups is 1. The van der Waals surface area contributed by atoms with Crippen molar-refractivity contribution in [1.29, 1.82) is 0 Å². The molecule has 1 aliphatic heterocycles. The smallest absolute Gasteiger partial charge is 0.271 e. The Morgan fingerprint density at radius 2 is 2.03 bits per heavy atom. The van der Waals surface area contributed by atoms with Gasteiger partial charge in [-0.15, -0.1) is 0 Å². The molecule has 29 heavy (non-hydrogen) atoms. The average Bonchev–Trinajstić information content (AvgIpc) is 3.15. The molecule has 0 aliphatic carbocycles. The maximum Gasteiger partial charge on any atom is 0.271 e. The van der Waals surface area contributed by atoms with E-state index < -0.39 is 0 Å². The highest BCUT2D eigenvalue weighted by Crippen LogP contribution is 2.28. The Bertz CT molecular complexity index is 1050. The molecule has 2 aromatic heterocycles. The molecule has 0 saturated carbocycles. The number of phenolic OH excluding ortho intramolecular Hbond substituents is 1. The predicted molar refractivity (Wildman–Crippen MR) is 107 cm³/mol. The first-order valence-electron chi connectivity index (χ1n) is 9.40. The van der Waals surface area contributed by atoms with E-state index in [1.54, 1.807) is 24.3 Å². The van der Waals surface area contributed by atoms with Gasteiger partial charge < -0.3 is 20.4 Å². The van der Waals surface area contributed by atoms with E-state index in [1.165, 1.54) is 0 Å². The number of aromatic hydroxyl groups is 1. The van der Waals surface area contributed by atoms with Crippen LogP contribution in [-0.4, -0.2) is 55.6 Å². The standard InChI is InChI=1S/C20H22N6O3/c1-13-10-18(23-19(22-13)15-4-2-3-5-17(15)28)25-7-8-26-14(12-25)11-16(24-26)20(29)21-6-9-27/h2-5,10-11,27-28H,6-9,12H2,1H3,(H,21,29). The monoisotopic (exact) mass is 394 g/mol. The molecular formula is C20H22N6O3. The number of nitrogens with one attached hydrogen (secondary N) is 1. The van der Waals surface area contributed by atoms with Gasteiger partial charge in [0.25, 0.3) is 5.91 Å². The van der Waals surface area contributed by atoms with Crippen molar-refractivity contribution in [2.45, 2.75) is 20.0 Å². The third-order valence-corrected chi connectivity index (χ3v) is 4.74. The number of hydrogen-bond donors (Lipinski definition) is 3. The number of amides is 1. The van der Waals surface area contributed by atoms with Crippen LogP contribution in [0.2, 0.25) is 0 Å². The lowest BCUT2D eigenvalue weighted by Gasteiger charge is -2.29. The first kappa shape index (κ1) is 18.9. The number of aliphatic hydroxyl groups excluding tert-OH is 1. The minimum absolute atomic E-state index is 0.112. The van der Waals surface area contributed by atoms with Crippen LogP contribution in [0.5, 0.6) is 5.75 Å². The fourth-order valence-electron chi connectivity index (χ4n) is 3.33. The first-order chi connectivity index (χ1) is 14.0. The SMILES string of the molecule is Cc1cc(N2CCn3nc(C(=O)NCCO)cc3C2)nc(-c2ccccc2O)n1. The van der Waals surface area contributed by atoms with Crippen molar-refractivity contribution in [1.82, 2.24) is 25.1 Å². The Hall–Kier alpha value is -3.46. The van der Waals surface area contributed by atoms with Crippen LogP contribution in [0, 0.1) is 6.92 Å². The largest absolute Gasteiger partial charge is 0.507 e. The highest BCUT2D eigenvalue weighted by Gasteiger charge is 2.22. The van der Waals surface area contributed by atoms with Gasteiger partial charge in [-0.2, -0.15) is 5.10 Å². The molecule has 3 aromatic rings. The summed E-state index contributed by atoms with van der Waals surface area (Å²) in [6.45, 7) is 3.84. The third-order valence-electron chi connectivity index (χ3n) is 4.74. The van der Waals surface area contributed by atoms with Crippen molar-refractivity contribution >= 4 is 11.7 Å². The number of carbonyl (C=O) groups excluding carboxylic acids is 1. The van der Waals surface area contributed by atoms with E-state index in [2.05, 4.69) is 25.3 Å². The molecule has 1 aromatic carbocycles. The number of carbonyl (C=O) groups is 1. The van der Waals surface area contributed by atoms with E-state index in [4.69, 9.17) is 5.11 Å². The van der Waals surface area contributed by atoms with E-state index >= 15 is 0 Å². The van der Waals surface area contributed by atoms with Crippen LogP contribution in [0.1, 0.15) is 21.9 Å². The first-order valence-corrected chi connectivity index (χ1v) is 9.40. The van der Waals surface area contributed by atoms with Crippen molar-refractivity contribution in [3.8, 4) is 17.1 Å². The maximum absolute atomic E-state index is 12.1. The molecule has 9 heteroatoms. The molecule has 3 heterocycles. The summed E-state index contributed by atoms with van der Waals surface area (Å²) in [6, 6.07) is 10.7. The van der Waals surface area contributed by atoms with E-state index in [0.29, 0.717) is 36.7 Å². The molecule has 9 nitrogen and oxygen atoms in total. The van der Waals surface area contributed by atoms with Gasteiger partial charge in [0, 0.05) is 24.8 Å². The molecule has 0 fully saturated rings. The van der Waals surface area contributed by atoms with E-state index in [-0.39, 0.29) is 24.8 Å². The number of para-hydroxylation sites is 1. The topological polar surface area (TPSA) is 116 Å². The second-order valence-corrected chi connectivity index (χ2v) is 6.85. The van der Waals surface area contributed by atoms with Gasteiger partial charge in [0.15, 0.2) is 11.5 Å². The van der Waals surface area contributed by atoms with Crippen LogP contribution < -0.4 is 10.2 Å². The summed E-state index contributed by atoms with van der Waals surface area (Å²) >= 11 is 0. The lowest BCUT2D eigenvalue weighted by Crippen LogP contribution is -2.34. The normalized spacial score (nSPS) is 13.2. The van der Waals surface area contributed by atoms with Crippen molar-refractivity contribution in [3.05, 3.63) is 53.5 Å². The Labute approximate surface area is 167 Å². The number of anilines is 1.